The molecule has 1 aliphatic rings. The maximum atomic E-state index is 13.1. The fourth-order valence-electron chi connectivity index (χ4n) is 3.84. The first-order chi connectivity index (χ1) is 14.1. The molecule has 0 N–H and O–H groups in total. The third kappa shape index (κ3) is 3.88. The van der Waals surface area contributed by atoms with Crippen molar-refractivity contribution >= 4 is 5.91 Å². The molecule has 0 radical (unpaired) electrons. The average Bonchev–Trinajstić information content (AvgIpc) is 3.25. The summed E-state index contributed by atoms with van der Waals surface area (Å²) in [6.45, 7) is 5.33. The summed E-state index contributed by atoms with van der Waals surface area (Å²) in [5.74, 6) is 1.91. The van der Waals surface area contributed by atoms with Gasteiger partial charge in [0, 0.05) is 24.6 Å². The molecule has 1 amide bonds. The molecule has 3 aromatic rings. The zero-order valence-corrected chi connectivity index (χ0v) is 17.0. The van der Waals surface area contributed by atoms with Crippen LogP contribution in [-0.2, 0) is 0 Å². The molecular formula is C23H25N3O3. The number of hydrogen-bond donors (Lipinski definition) is 0. The number of carbonyl (C=O) groups excluding carboxylic acids is 1. The summed E-state index contributed by atoms with van der Waals surface area (Å²) in [6.07, 6.45) is 1.85. The highest BCUT2D eigenvalue weighted by atomic mass is 16.5. The normalized spacial score (nSPS) is 16.7. The van der Waals surface area contributed by atoms with Crippen LogP contribution in [0, 0.1) is 13.8 Å². The second-order valence-electron chi connectivity index (χ2n) is 7.57. The second kappa shape index (κ2) is 8.07. The Labute approximate surface area is 170 Å². The van der Waals surface area contributed by atoms with E-state index in [-0.39, 0.29) is 11.8 Å². The molecule has 1 aromatic heterocycles. The van der Waals surface area contributed by atoms with Gasteiger partial charge in [0.2, 0.25) is 0 Å². The minimum atomic E-state index is 0.0602. The zero-order valence-electron chi connectivity index (χ0n) is 17.0. The lowest BCUT2D eigenvalue weighted by atomic mass is 9.96. The van der Waals surface area contributed by atoms with Crippen molar-refractivity contribution < 1.29 is 14.1 Å². The highest BCUT2D eigenvalue weighted by Crippen LogP contribution is 2.31. The fraction of sp³-hybridized carbons (Fsp3) is 0.348. The van der Waals surface area contributed by atoms with E-state index in [0.717, 1.165) is 41.6 Å². The molecular weight excluding hydrogens is 366 g/mol. The first-order valence-corrected chi connectivity index (χ1v) is 9.90. The van der Waals surface area contributed by atoms with Crippen LogP contribution in [0.2, 0.25) is 0 Å². The summed E-state index contributed by atoms with van der Waals surface area (Å²) < 4.78 is 10.9. The molecule has 4 rings (SSSR count). The van der Waals surface area contributed by atoms with Gasteiger partial charge in [-0.1, -0.05) is 35.0 Å². The number of likely N-dealkylation sites (tertiary alicyclic amines) is 1. The van der Waals surface area contributed by atoms with Crippen LogP contribution in [0.4, 0.5) is 0 Å². The molecule has 0 spiro atoms. The van der Waals surface area contributed by atoms with Crippen molar-refractivity contribution in [3.05, 3.63) is 65.0 Å². The Balaban J connectivity index is 1.54. The lowest BCUT2D eigenvalue weighted by Gasteiger charge is -2.31. The average molecular weight is 391 g/mol. The van der Waals surface area contributed by atoms with Crippen LogP contribution < -0.4 is 4.74 Å². The number of piperidine rings is 1. The predicted molar refractivity (Wildman–Crippen MR) is 110 cm³/mol. The molecule has 1 atom stereocenters. The minimum absolute atomic E-state index is 0.0602. The fourth-order valence-corrected chi connectivity index (χ4v) is 3.84. The summed E-state index contributed by atoms with van der Waals surface area (Å²) in [4.78, 5) is 19.6. The summed E-state index contributed by atoms with van der Waals surface area (Å²) in [6, 6.07) is 13.6. The van der Waals surface area contributed by atoms with Gasteiger partial charge in [-0.25, -0.2) is 0 Å². The van der Waals surface area contributed by atoms with Gasteiger partial charge < -0.3 is 14.2 Å². The van der Waals surface area contributed by atoms with E-state index in [0.29, 0.717) is 24.0 Å². The largest absolute Gasteiger partial charge is 0.496 e. The highest BCUT2D eigenvalue weighted by Gasteiger charge is 2.29. The van der Waals surface area contributed by atoms with Crippen molar-refractivity contribution in [3.8, 4) is 17.2 Å². The molecule has 6 nitrogen and oxygen atoms in total. The number of para-hydroxylation sites is 1. The van der Waals surface area contributed by atoms with Crippen molar-refractivity contribution in [1.82, 2.24) is 15.0 Å². The van der Waals surface area contributed by atoms with Gasteiger partial charge in [-0.3, -0.25) is 4.79 Å². The molecule has 29 heavy (non-hydrogen) atoms. The van der Waals surface area contributed by atoms with Gasteiger partial charge in [0.15, 0.2) is 5.82 Å². The summed E-state index contributed by atoms with van der Waals surface area (Å²) in [5.41, 5.74) is 3.63. The second-order valence-corrected chi connectivity index (χ2v) is 7.57. The van der Waals surface area contributed by atoms with Gasteiger partial charge in [-0.05, 0) is 50.5 Å². The number of ether oxygens (including phenoxy) is 1. The van der Waals surface area contributed by atoms with Gasteiger partial charge in [-0.15, -0.1) is 0 Å². The Morgan fingerprint density at radius 2 is 2.03 bits per heavy atom. The number of carbonyl (C=O) groups is 1. The van der Waals surface area contributed by atoms with E-state index in [1.54, 1.807) is 7.11 Å². The molecule has 1 fully saturated rings. The lowest BCUT2D eigenvalue weighted by molar-refractivity contribution is 0.0702. The maximum absolute atomic E-state index is 13.1. The monoisotopic (exact) mass is 391 g/mol. The van der Waals surface area contributed by atoms with Crippen LogP contribution in [-0.4, -0.2) is 41.1 Å². The van der Waals surface area contributed by atoms with E-state index < -0.39 is 0 Å². The first-order valence-electron chi connectivity index (χ1n) is 9.90. The number of aromatic nitrogens is 2. The quantitative estimate of drug-likeness (QED) is 0.660. The van der Waals surface area contributed by atoms with Crippen LogP contribution in [0.15, 0.2) is 47.0 Å². The molecule has 6 heteroatoms. The van der Waals surface area contributed by atoms with Gasteiger partial charge in [0.25, 0.3) is 11.8 Å². The first kappa shape index (κ1) is 19.2. The molecule has 0 bridgehead atoms. The van der Waals surface area contributed by atoms with E-state index in [4.69, 9.17) is 9.26 Å². The molecule has 2 aromatic carbocycles. The van der Waals surface area contributed by atoms with E-state index in [1.165, 1.54) is 0 Å². The molecule has 2 heterocycles. The topological polar surface area (TPSA) is 68.5 Å². The third-order valence-electron chi connectivity index (χ3n) is 5.48. The zero-order chi connectivity index (χ0) is 20.4. The van der Waals surface area contributed by atoms with Crippen LogP contribution >= 0.6 is 0 Å². The molecule has 0 unspecified atom stereocenters. The van der Waals surface area contributed by atoms with Gasteiger partial charge in [0.1, 0.15) is 5.75 Å². The lowest BCUT2D eigenvalue weighted by Crippen LogP contribution is -2.39. The third-order valence-corrected chi connectivity index (χ3v) is 5.48. The van der Waals surface area contributed by atoms with Crippen molar-refractivity contribution in [1.29, 1.82) is 0 Å². The Morgan fingerprint density at radius 1 is 1.21 bits per heavy atom. The minimum Gasteiger partial charge on any atom is -0.496 e. The number of amides is 1. The summed E-state index contributed by atoms with van der Waals surface area (Å²) in [7, 11) is 1.62. The molecule has 0 saturated carbocycles. The van der Waals surface area contributed by atoms with Crippen molar-refractivity contribution in [2.75, 3.05) is 20.2 Å². The number of aryl methyl sites for hydroxylation is 2. The van der Waals surface area contributed by atoms with Crippen LogP contribution in [0.25, 0.3) is 11.5 Å². The SMILES string of the molecule is COc1ccccc1-c1nc([C@@H]2CCCN(C(=O)c3cc(C)ccc3C)C2)no1. The van der Waals surface area contributed by atoms with E-state index in [9.17, 15) is 4.79 Å². The maximum Gasteiger partial charge on any atom is 0.261 e. The molecule has 0 aliphatic carbocycles. The van der Waals surface area contributed by atoms with Crippen molar-refractivity contribution in [2.24, 2.45) is 0 Å². The van der Waals surface area contributed by atoms with Crippen LogP contribution in [0.1, 0.15) is 46.1 Å². The Hall–Kier alpha value is -3.15. The highest BCUT2D eigenvalue weighted by molar-refractivity contribution is 5.96. The van der Waals surface area contributed by atoms with E-state index in [2.05, 4.69) is 10.1 Å². The van der Waals surface area contributed by atoms with Gasteiger partial charge in [0.05, 0.1) is 12.7 Å². The smallest absolute Gasteiger partial charge is 0.261 e. The summed E-state index contributed by atoms with van der Waals surface area (Å²) >= 11 is 0. The number of benzene rings is 2. The van der Waals surface area contributed by atoms with Gasteiger partial charge >= 0.3 is 0 Å². The van der Waals surface area contributed by atoms with Gasteiger partial charge in [-0.2, -0.15) is 4.98 Å². The van der Waals surface area contributed by atoms with Crippen LogP contribution in [0.3, 0.4) is 0 Å². The summed E-state index contributed by atoms with van der Waals surface area (Å²) in [5, 5.41) is 4.21. The Morgan fingerprint density at radius 3 is 2.86 bits per heavy atom. The standard InChI is InChI=1S/C23H25N3O3/c1-15-10-11-16(2)19(13-15)23(27)26-12-6-7-17(14-26)21-24-22(29-25-21)18-8-4-5-9-20(18)28-3/h4-5,8-11,13,17H,6-7,12,14H2,1-3H3/t17-/m1/s1. The number of nitrogens with zero attached hydrogens (tertiary/aromatic N) is 3. The van der Waals surface area contributed by atoms with Crippen LogP contribution in [0.5, 0.6) is 5.75 Å². The number of methoxy groups -OCH3 is 1. The number of hydrogen-bond acceptors (Lipinski definition) is 5. The number of rotatable bonds is 4. The predicted octanol–water partition coefficient (Wildman–Crippen LogP) is 4.38. The van der Waals surface area contributed by atoms with E-state index in [1.807, 2.05) is 61.2 Å². The molecule has 1 saturated heterocycles. The Bertz CT molecular complexity index is 1030. The molecule has 1 aliphatic heterocycles. The molecule has 150 valence electrons. The van der Waals surface area contributed by atoms with Crippen molar-refractivity contribution in [2.45, 2.75) is 32.6 Å². The van der Waals surface area contributed by atoms with E-state index >= 15 is 0 Å². The Kier molecular flexibility index (Phi) is 5.34. The van der Waals surface area contributed by atoms with Crippen molar-refractivity contribution in [3.63, 3.8) is 0 Å².